The highest BCUT2D eigenvalue weighted by Gasteiger charge is 2.68. The van der Waals surface area contributed by atoms with Gasteiger partial charge in [-0.15, -0.1) is 0 Å². The van der Waals surface area contributed by atoms with Crippen LogP contribution in [0.4, 0.5) is 0 Å². The first-order valence-electron chi connectivity index (χ1n) is 23.1. The molecule has 15 nitrogen and oxygen atoms in total. The lowest BCUT2D eigenvalue weighted by atomic mass is 9.43. The molecule has 4 fully saturated rings. The zero-order chi connectivity index (χ0) is 46.1. The number of aliphatic hydroxyl groups is 1. The van der Waals surface area contributed by atoms with E-state index in [1.165, 1.54) is 19.4 Å². The zero-order valence-electron chi connectivity index (χ0n) is 38.3. The molecule has 1 heterocycles. The van der Waals surface area contributed by atoms with Crippen molar-refractivity contribution in [3.8, 4) is 11.1 Å². The Morgan fingerprint density at radius 3 is 1.95 bits per heavy atom. The van der Waals surface area contributed by atoms with Crippen molar-refractivity contribution in [3.05, 3.63) is 59.7 Å². The zero-order valence-corrected chi connectivity index (χ0v) is 38.3. The molecule has 0 radical (unpaired) electrons. The van der Waals surface area contributed by atoms with Crippen molar-refractivity contribution in [1.29, 1.82) is 0 Å². The van der Waals surface area contributed by atoms with E-state index in [2.05, 4.69) is 78.5 Å². The Labute approximate surface area is 373 Å². The molecule has 63 heavy (non-hydrogen) atoms. The lowest BCUT2D eigenvalue weighted by Crippen LogP contribution is -2.65. The summed E-state index contributed by atoms with van der Waals surface area (Å²) in [6, 6.07) is 10.7. The number of carbonyl (C=O) groups is 5. The van der Waals surface area contributed by atoms with Crippen molar-refractivity contribution in [3.63, 3.8) is 0 Å². The van der Waals surface area contributed by atoms with Gasteiger partial charge in [-0.05, 0) is 145 Å². The molecule has 1 unspecified atom stereocenters. The lowest BCUT2D eigenvalue weighted by molar-refractivity contribution is -0.199. The highest BCUT2D eigenvalue weighted by atomic mass is 16.7. The molecule has 6 rings (SSSR count). The molecule has 0 aromatic heterocycles. The van der Waals surface area contributed by atoms with Gasteiger partial charge in [-0.2, -0.15) is 0 Å². The number of amides is 5. The number of aliphatic hydroxyl groups excluding tert-OH is 1. The van der Waals surface area contributed by atoms with E-state index in [0.717, 1.165) is 43.2 Å². The molecule has 4 aliphatic rings. The minimum absolute atomic E-state index is 0.0542. The number of unbranched alkanes of at least 4 members (excludes halogenated alkanes) is 2. The highest BCUT2D eigenvalue weighted by molar-refractivity contribution is 6.47. The molecule has 346 valence electrons. The molecule has 2 aromatic carbocycles. The minimum atomic E-state index is -1.48. The van der Waals surface area contributed by atoms with Crippen LogP contribution >= 0.6 is 0 Å². The van der Waals surface area contributed by atoms with Crippen LogP contribution in [-0.4, -0.2) is 103 Å². The first-order chi connectivity index (χ1) is 29.9. The Hall–Kier alpha value is -4.35. The number of nitrogens with one attached hydrogen (secondary N) is 5. The van der Waals surface area contributed by atoms with Gasteiger partial charge in [0.25, 0.3) is 5.91 Å². The number of carbonyl (C=O) groups excluding carboxylic acids is 5. The fraction of sp³-hybridized carbons (Fsp3) is 0.638. The van der Waals surface area contributed by atoms with Gasteiger partial charge in [0, 0.05) is 5.56 Å². The molecule has 10 N–H and O–H groups in total. The minimum Gasteiger partial charge on any atom is -0.404 e. The third kappa shape index (κ3) is 12.1. The Balaban J connectivity index is 1.16. The van der Waals surface area contributed by atoms with Crippen LogP contribution in [0.2, 0.25) is 0 Å². The Kier molecular flexibility index (Phi) is 17.4. The molecule has 0 spiro atoms. The van der Waals surface area contributed by atoms with E-state index in [1.54, 1.807) is 12.1 Å². The number of hydrogen-bond acceptors (Lipinski definition) is 10. The van der Waals surface area contributed by atoms with Gasteiger partial charge in [0.1, 0.15) is 24.2 Å². The van der Waals surface area contributed by atoms with Gasteiger partial charge in [-0.1, -0.05) is 63.6 Å². The summed E-state index contributed by atoms with van der Waals surface area (Å²) in [6.45, 7) is 14.1. The van der Waals surface area contributed by atoms with Gasteiger partial charge >= 0.3 is 7.12 Å². The molecule has 1 saturated heterocycles. The summed E-state index contributed by atoms with van der Waals surface area (Å²) in [4.78, 5) is 67.9. The number of aryl methyl sites for hydroxylation is 1. The summed E-state index contributed by atoms with van der Waals surface area (Å²) in [6.07, 6.45) is 5.94. The molecule has 10 atom stereocenters. The topological polar surface area (TPSA) is 236 Å². The van der Waals surface area contributed by atoms with Crippen LogP contribution in [0.5, 0.6) is 0 Å². The largest absolute Gasteiger partial charge is 0.481 e. The first-order valence-corrected chi connectivity index (χ1v) is 23.1. The van der Waals surface area contributed by atoms with E-state index in [4.69, 9.17) is 20.8 Å². The van der Waals surface area contributed by atoms with Crippen molar-refractivity contribution in [2.45, 2.75) is 161 Å². The number of rotatable bonds is 23. The third-order valence-electron chi connectivity index (χ3n) is 13.7. The summed E-state index contributed by atoms with van der Waals surface area (Å²) >= 11 is 0. The number of hydrogen-bond donors (Lipinski definition) is 8. The maximum absolute atomic E-state index is 13.7. The Bertz CT molecular complexity index is 1880. The second-order valence-corrected chi connectivity index (χ2v) is 18.8. The average Bonchev–Trinajstić information content (AvgIpc) is 3.63. The maximum atomic E-state index is 13.7. The predicted molar refractivity (Wildman–Crippen MR) is 244 cm³/mol. The van der Waals surface area contributed by atoms with E-state index >= 15 is 0 Å². The normalized spacial score (nSPS) is 23.7. The van der Waals surface area contributed by atoms with Gasteiger partial charge in [-0.25, -0.2) is 0 Å². The van der Waals surface area contributed by atoms with E-state index in [-0.39, 0.29) is 24.5 Å². The van der Waals surface area contributed by atoms with E-state index in [9.17, 15) is 29.1 Å². The van der Waals surface area contributed by atoms with E-state index in [1.807, 2.05) is 19.1 Å². The van der Waals surface area contributed by atoms with Gasteiger partial charge in [0.15, 0.2) is 0 Å². The first kappa shape index (κ1) is 49.7. The highest BCUT2D eigenvalue weighted by Crippen LogP contribution is 2.65. The van der Waals surface area contributed by atoms with E-state index in [0.29, 0.717) is 49.6 Å². The van der Waals surface area contributed by atoms with Crippen LogP contribution in [0.25, 0.3) is 11.1 Å². The number of benzene rings is 2. The fourth-order valence-electron chi connectivity index (χ4n) is 9.48. The smallest absolute Gasteiger partial charge is 0.404 e. The second-order valence-electron chi connectivity index (χ2n) is 18.8. The SMILES string of the molecule is CCCCc1ccc(-c2ccc(C(=O)N[C@@H](CCCN)C(=O)N[C@H](C(=O)N[C@@H](C)C(=O)N[C@@H](CCCCN)C(=O)N[C@@H](C)B3OC4C[C@@H]5C[C@@H](C5(C)C)[C@]4(C)O3)[C@@H](C)O)cc2)cc1. The molecule has 2 aromatic rings. The quantitative estimate of drug-likeness (QED) is 0.0600. The van der Waals surface area contributed by atoms with Gasteiger partial charge in [0.2, 0.25) is 23.6 Å². The van der Waals surface area contributed by atoms with Crippen LogP contribution in [0.15, 0.2) is 48.5 Å². The van der Waals surface area contributed by atoms with Crippen molar-refractivity contribution in [1.82, 2.24) is 26.6 Å². The van der Waals surface area contributed by atoms with Crippen molar-refractivity contribution in [2.24, 2.45) is 28.7 Å². The summed E-state index contributed by atoms with van der Waals surface area (Å²) < 4.78 is 12.9. The van der Waals surface area contributed by atoms with Gasteiger partial charge in [0.05, 0.1) is 23.8 Å². The molecule has 2 bridgehead atoms. The Morgan fingerprint density at radius 1 is 0.746 bits per heavy atom. The van der Waals surface area contributed by atoms with Crippen molar-refractivity contribution < 1.29 is 38.4 Å². The molecule has 3 saturated carbocycles. The van der Waals surface area contributed by atoms with Crippen LogP contribution in [0, 0.1) is 17.3 Å². The molecular formula is C47H72BN7O8. The summed E-state index contributed by atoms with van der Waals surface area (Å²) in [5, 5.41) is 24.3. The lowest BCUT2D eigenvalue weighted by Gasteiger charge is -2.64. The van der Waals surface area contributed by atoms with Gasteiger partial charge < -0.3 is 52.5 Å². The molecule has 16 heteroatoms. The summed E-state index contributed by atoms with van der Waals surface area (Å²) in [5.74, 6) is -2.66. The monoisotopic (exact) mass is 874 g/mol. The van der Waals surface area contributed by atoms with Crippen LogP contribution in [0.1, 0.15) is 122 Å². The van der Waals surface area contributed by atoms with Crippen molar-refractivity contribution in [2.75, 3.05) is 13.1 Å². The molecule has 5 amide bonds. The van der Waals surface area contributed by atoms with Gasteiger partial charge in [-0.3, -0.25) is 24.0 Å². The third-order valence-corrected chi connectivity index (χ3v) is 13.7. The van der Waals surface area contributed by atoms with Crippen LogP contribution < -0.4 is 38.1 Å². The fourth-order valence-corrected chi connectivity index (χ4v) is 9.48. The second kappa shape index (κ2) is 22.0. The molecule has 3 aliphatic carbocycles. The maximum Gasteiger partial charge on any atom is 0.481 e. The predicted octanol–water partition coefficient (Wildman–Crippen LogP) is 3.29. The standard InChI is InChI=1S/C47H72BN7O8/c1-8-9-13-31-16-18-32(19-17-31)33-20-22-34(23-21-33)42(58)54-37(15-12-25-50)44(60)55-40(29(3)56)45(61)51-28(2)41(57)53-36(14-10-11-24-49)43(59)52-30(4)48-62-39-27-35-26-38(46(35,5)6)47(39,7)63-48/h16-23,28-30,35-40,56H,8-15,24-27,49-50H2,1-7H3,(H,51,61)(H,52,59)(H,53,57)(H,54,58)(H,55,60)/t28-,29+,30-,35-,36-,37-,38-,39?,40-,47-/m0/s1. The molecule has 1 aliphatic heterocycles. The summed E-state index contributed by atoms with van der Waals surface area (Å²) in [7, 11) is -0.649. The molecular weight excluding hydrogens is 801 g/mol. The van der Waals surface area contributed by atoms with Crippen molar-refractivity contribution >= 4 is 36.7 Å². The van der Waals surface area contributed by atoms with E-state index < -0.39 is 78.5 Å². The Morgan fingerprint density at radius 2 is 1.35 bits per heavy atom. The van der Waals surface area contributed by atoms with Crippen LogP contribution in [-0.2, 0) is 34.9 Å². The average molecular weight is 874 g/mol. The number of nitrogens with two attached hydrogens (primary N) is 2. The summed E-state index contributed by atoms with van der Waals surface area (Å²) in [5.41, 5.74) is 14.8. The van der Waals surface area contributed by atoms with Crippen LogP contribution in [0.3, 0.4) is 0 Å².